The SMILES string of the molecule is Nc1ccc(OCCN2CCCCC2)c(C(F)F)c1. The molecule has 1 aliphatic rings. The van der Waals surface area contributed by atoms with Crippen LogP contribution in [-0.2, 0) is 0 Å². The van der Waals surface area contributed by atoms with Crippen LogP contribution in [0.15, 0.2) is 18.2 Å². The van der Waals surface area contributed by atoms with Crippen molar-refractivity contribution in [2.75, 3.05) is 32.0 Å². The van der Waals surface area contributed by atoms with E-state index in [1.54, 1.807) is 6.07 Å². The number of nitrogens with two attached hydrogens (primary N) is 1. The van der Waals surface area contributed by atoms with Gasteiger partial charge in [-0.1, -0.05) is 6.42 Å². The Kier molecular flexibility index (Phi) is 4.96. The summed E-state index contributed by atoms with van der Waals surface area (Å²) in [5.41, 5.74) is 5.72. The van der Waals surface area contributed by atoms with Crippen LogP contribution in [0.25, 0.3) is 0 Å². The van der Waals surface area contributed by atoms with Crippen molar-refractivity contribution in [2.24, 2.45) is 0 Å². The highest BCUT2D eigenvalue weighted by Crippen LogP contribution is 2.30. The fourth-order valence-electron chi connectivity index (χ4n) is 2.34. The second-order valence-corrected chi connectivity index (χ2v) is 4.85. The number of alkyl halides is 2. The molecule has 2 N–H and O–H groups in total. The lowest BCUT2D eigenvalue weighted by molar-refractivity contribution is 0.141. The van der Waals surface area contributed by atoms with Gasteiger partial charge in [-0.05, 0) is 44.1 Å². The molecule has 0 radical (unpaired) electrons. The van der Waals surface area contributed by atoms with E-state index >= 15 is 0 Å². The Labute approximate surface area is 112 Å². The molecule has 1 saturated heterocycles. The molecule has 0 aromatic heterocycles. The molecular formula is C14H20F2N2O. The highest BCUT2D eigenvalue weighted by Gasteiger charge is 2.15. The summed E-state index contributed by atoms with van der Waals surface area (Å²) in [6, 6.07) is 4.38. The minimum Gasteiger partial charge on any atom is -0.492 e. The number of nitrogen functional groups attached to an aromatic ring is 1. The summed E-state index contributed by atoms with van der Waals surface area (Å²) < 4.78 is 31.2. The first-order valence-electron chi connectivity index (χ1n) is 6.69. The average molecular weight is 270 g/mol. The van der Waals surface area contributed by atoms with E-state index in [1.165, 1.54) is 31.4 Å². The fraction of sp³-hybridized carbons (Fsp3) is 0.571. The van der Waals surface area contributed by atoms with Crippen molar-refractivity contribution < 1.29 is 13.5 Å². The zero-order valence-electron chi connectivity index (χ0n) is 10.9. The van der Waals surface area contributed by atoms with Gasteiger partial charge in [0.1, 0.15) is 12.4 Å². The zero-order valence-corrected chi connectivity index (χ0v) is 10.9. The number of likely N-dealkylation sites (tertiary alicyclic amines) is 1. The molecule has 0 aliphatic carbocycles. The summed E-state index contributed by atoms with van der Waals surface area (Å²) in [7, 11) is 0. The van der Waals surface area contributed by atoms with Crippen molar-refractivity contribution >= 4 is 5.69 Å². The van der Waals surface area contributed by atoms with Gasteiger partial charge in [0.25, 0.3) is 6.43 Å². The van der Waals surface area contributed by atoms with Crippen LogP contribution in [0.2, 0.25) is 0 Å². The summed E-state index contributed by atoms with van der Waals surface area (Å²) >= 11 is 0. The van der Waals surface area contributed by atoms with E-state index in [0.29, 0.717) is 12.3 Å². The van der Waals surface area contributed by atoms with Gasteiger partial charge in [-0.25, -0.2) is 8.78 Å². The van der Waals surface area contributed by atoms with Gasteiger partial charge in [-0.2, -0.15) is 0 Å². The van der Waals surface area contributed by atoms with E-state index in [1.807, 2.05) is 0 Å². The van der Waals surface area contributed by atoms with Crippen molar-refractivity contribution in [1.29, 1.82) is 0 Å². The van der Waals surface area contributed by atoms with E-state index in [9.17, 15) is 8.78 Å². The van der Waals surface area contributed by atoms with E-state index in [-0.39, 0.29) is 11.3 Å². The molecule has 106 valence electrons. The second-order valence-electron chi connectivity index (χ2n) is 4.85. The number of benzene rings is 1. The van der Waals surface area contributed by atoms with Gasteiger partial charge >= 0.3 is 0 Å². The average Bonchev–Trinajstić information content (AvgIpc) is 2.41. The van der Waals surface area contributed by atoms with Crippen LogP contribution < -0.4 is 10.5 Å². The van der Waals surface area contributed by atoms with Gasteiger partial charge in [0, 0.05) is 12.2 Å². The topological polar surface area (TPSA) is 38.5 Å². The molecule has 1 aromatic carbocycles. The molecule has 0 atom stereocenters. The van der Waals surface area contributed by atoms with E-state index in [0.717, 1.165) is 19.6 Å². The Bertz CT molecular complexity index is 406. The van der Waals surface area contributed by atoms with E-state index < -0.39 is 6.43 Å². The van der Waals surface area contributed by atoms with Gasteiger partial charge in [-0.3, -0.25) is 4.90 Å². The largest absolute Gasteiger partial charge is 0.492 e. The first-order chi connectivity index (χ1) is 9.16. The number of rotatable bonds is 5. The molecule has 0 amide bonds. The normalized spacial score (nSPS) is 16.8. The van der Waals surface area contributed by atoms with Crippen molar-refractivity contribution in [2.45, 2.75) is 25.7 Å². The van der Waals surface area contributed by atoms with Crippen molar-refractivity contribution in [3.63, 3.8) is 0 Å². The number of nitrogens with zero attached hydrogens (tertiary/aromatic N) is 1. The maximum absolute atomic E-state index is 12.8. The molecule has 0 bridgehead atoms. The molecular weight excluding hydrogens is 250 g/mol. The maximum atomic E-state index is 12.8. The first kappa shape index (κ1) is 14.1. The predicted octanol–water partition coefficient (Wildman–Crippen LogP) is 3.07. The number of hydrogen-bond donors (Lipinski definition) is 1. The number of halogens is 2. The van der Waals surface area contributed by atoms with Crippen LogP contribution in [-0.4, -0.2) is 31.1 Å². The number of hydrogen-bond acceptors (Lipinski definition) is 3. The Morgan fingerprint density at radius 1 is 1.21 bits per heavy atom. The summed E-state index contributed by atoms with van der Waals surface area (Å²) in [6.45, 7) is 3.37. The van der Waals surface area contributed by atoms with Crippen LogP contribution >= 0.6 is 0 Å². The lowest BCUT2D eigenvalue weighted by Crippen LogP contribution is -2.33. The molecule has 1 heterocycles. The van der Waals surface area contributed by atoms with Gasteiger partial charge in [0.05, 0.1) is 5.56 Å². The Morgan fingerprint density at radius 2 is 1.95 bits per heavy atom. The predicted molar refractivity (Wildman–Crippen MR) is 71.6 cm³/mol. The van der Waals surface area contributed by atoms with E-state index in [2.05, 4.69) is 4.90 Å². The zero-order chi connectivity index (χ0) is 13.7. The van der Waals surface area contributed by atoms with Crippen LogP contribution in [0.1, 0.15) is 31.3 Å². The third-order valence-electron chi connectivity index (χ3n) is 3.38. The van der Waals surface area contributed by atoms with Crippen LogP contribution in [0.5, 0.6) is 5.75 Å². The van der Waals surface area contributed by atoms with Crippen molar-refractivity contribution in [3.05, 3.63) is 23.8 Å². The van der Waals surface area contributed by atoms with Gasteiger partial charge in [0.2, 0.25) is 0 Å². The summed E-state index contributed by atoms with van der Waals surface area (Å²) in [6.07, 6.45) is 1.15. The van der Waals surface area contributed by atoms with Crippen LogP contribution in [0.4, 0.5) is 14.5 Å². The number of anilines is 1. The molecule has 5 heteroatoms. The second kappa shape index (κ2) is 6.70. The highest BCUT2D eigenvalue weighted by molar-refractivity contribution is 5.48. The fourth-order valence-corrected chi connectivity index (χ4v) is 2.34. The minimum absolute atomic E-state index is 0.126. The molecule has 1 aromatic rings. The smallest absolute Gasteiger partial charge is 0.267 e. The molecule has 1 aliphatic heterocycles. The van der Waals surface area contributed by atoms with Gasteiger partial charge < -0.3 is 10.5 Å². The van der Waals surface area contributed by atoms with Gasteiger partial charge in [-0.15, -0.1) is 0 Å². The summed E-state index contributed by atoms with van der Waals surface area (Å²) in [4.78, 5) is 2.31. The number of piperidine rings is 1. The third-order valence-corrected chi connectivity index (χ3v) is 3.38. The Balaban J connectivity index is 1.88. The molecule has 0 spiro atoms. The highest BCUT2D eigenvalue weighted by atomic mass is 19.3. The Morgan fingerprint density at radius 3 is 2.63 bits per heavy atom. The first-order valence-corrected chi connectivity index (χ1v) is 6.69. The van der Waals surface area contributed by atoms with Crippen molar-refractivity contribution in [1.82, 2.24) is 4.90 Å². The Hall–Kier alpha value is -1.36. The lowest BCUT2D eigenvalue weighted by Gasteiger charge is -2.26. The molecule has 3 nitrogen and oxygen atoms in total. The quantitative estimate of drug-likeness (QED) is 0.836. The standard InChI is InChI=1S/C14H20F2N2O/c15-14(16)12-10-11(17)4-5-13(12)19-9-8-18-6-2-1-3-7-18/h4-5,10,14H,1-3,6-9,17H2. The van der Waals surface area contributed by atoms with Crippen LogP contribution in [0, 0.1) is 0 Å². The molecule has 1 fully saturated rings. The molecule has 0 saturated carbocycles. The monoisotopic (exact) mass is 270 g/mol. The maximum Gasteiger partial charge on any atom is 0.267 e. The third kappa shape index (κ3) is 4.06. The minimum atomic E-state index is -2.56. The van der Waals surface area contributed by atoms with E-state index in [4.69, 9.17) is 10.5 Å². The van der Waals surface area contributed by atoms with Gasteiger partial charge in [0.15, 0.2) is 0 Å². The summed E-state index contributed by atoms with van der Waals surface area (Å²) in [5, 5.41) is 0. The van der Waals surface area contributed by atoms with Crippen LogP contribution in [0.3, 0.4) is 0 Å². The van der Waals surface area contributed by atoms with Crippen molar-refractivity contribution in [3.8, 4) is 5.75 Å². The molecule has 0 unspecified atom stereocenters. The molecule has 19 heavy (non-hydrogen) atoms. The summed E-state index contributed by atoms with van der Waals surface area (Å²) in [5.74, 6) is 0.237. The molecule has 2 rings (SSSR count). The lowest BCUT2D eigenvalue weighted by atomic mass is 10.1. The number of ether oxygens (including phenoxy) is 1.